The summed E-state index contributed by atoms with van der Waals surface area (Å²) in [5.74, 6) is 0.242. The molecule has 0 saturated carbocycles. The Bertz CT molecular complexity index is 1240. The number of aliphatic hydroxyl groups is 1. The van der Waals surface area contributed by atoms with Gasteiger partial charge in [-0.15, -0.1) is 0 Å². The first kappa shape index (κ1) is 24.1. The van der Waals surface area contributed by atoms with E-state index in [1.165, 1.54) is 11.2 Å². The minimum absolute atomic E-state index is 0.00393. The lowest BCUT2D eigenvalue weighted by Crippen LogP contribution is -2.29. The normalized spacial score (nSPS) is 17.3. The van der Waals surface area contributed by atoms with Gasteiger partial charge < -0.3 is 23.9 Å². The molecule has 7 nitrogen and oxygen atoms in total. The maximum Gasteiger partial charge on any atom is 0.296 e. The number of nitrogens with zero attached hydrogens (tertiary/aromatic N) is 1. The Morgan fingerprint density at radius 3 is 2.46 bits per heavy atom. The smallest absolute Gasteiger partial charge is 0.296 e. The Labute approximate surface area is 204 Å². The maximum absolute atomic E-state index is 13.2. The molecule has 0 aliphatic carbocycles. The standard InChI is InChI=1S/C28H29NO6/c1-5-34-20-11-8-18(9-12-20)16-29-25(23-7-6-14-35-23)24(27(31)28(29)32)26(30)19-10-13-22(33-4)21(15-19)17(2)3/h6-15,17,25,30H,5,16H2,1-4H3/b26-24-. The van der Waals surface area contributed by atoms with Crippen LogP contribution < -0.4 is 9.47 Å². The summed E-state index contributed by atoms with van der Waals surface area (Å²) in [6.07, 6.45) is 1.48. The van der Waals surface area contributed by atoms with Gasteiger partial charge in [0.2, 0.25) is 0 Å². The van der Waals surface area contributed by atoms with Crippen LogP contribution in [0.1, 0.15) is 55.2 Å². The van der Waals surface area contributed by atoms with Crippen LogP contribution in [0.3, 0.4) is 0 Å². The van der Waals surface area contributed by atoms with Crippen LogP contribution in [0, 0.1) is 0 Å². The molecule has 2 heterocycles. The van der Waals surface area contributed by atoms with Gasteiger partial charge in [0.05, 0.1) is 25.6 Å². The molecule has 0 bridgehead atoms. The third-order valence-corrected chi connectivity index (χ3v) is 6.07. The van der Waals surface area contributed by atoms with Gasteiger partial charge in [0.25, 0.3) is 11.7 Å². The topological polar surface area (TPSA) is 89.2 Å². The minimum Gasteiger partial charge on any atom is -0.507 e. The molecule has 1 unspecified atom stereocenters. The van der Waals surface area contributed by atoms with E-state index in [1.807, 2.05) is 45.0 Å². The van der Waals surface area contributed by atoms with E-state index in [0.717, 1.165) is 16.9 Å². The molecule has 1 fully saturated rings. The molecule has 7 heteroatoms. The van der Waals surface area contributed by atoms with Crippen LogP contribution >= 0.6 is 0 Å². The second kappa shape index (κ2) is 10.1. The van der Waals surface area contributed by atoms with Crippen LogP contribution in [0.4, 0.5) is 0 Å². The number of hydrogen-bond donors (Lipinski definition) is 1. The van der Waals surface area contributed by atoms with Crippen molar-refractivity contribution < 1.29 is 28.6 Å². The molecule has 0 spiro atoms. The highest BCUT2D eigenvalue weighted by Crippen LogP contribution is 2.41. The van der Waals surface area contributed by atoms with Crippen molar-refractivity contribution >= 4 is 17.4 Å². The van der Waals surface area contributed by atoms with Gasteiger partial charge in [0.1, 0.15) is 29.1 Å². The van der Waals surface area contributed by atoms with Crippen molar-refractivity contribution in [1.82, 2.24) is 4.90 Å². The van der Waals surface area contributed by atoms with E-state index in [2.05, 4.69) is 0 Å². The lowest BCUT2D eigenvalue weighted by atomic mass is 9.95. The van der Waals surface area contributed by atoms with E-state index in [4.69, 9.17) is 13.9 Å². The third-order valence-electron chi connectivity index (χ3n) is 6.07. The molecular weight excluding hydrogens is 446 g/mol. The molecule has 4 rings (SSSR count). The molecule has 1 saturated heterocycles. The summed E-state index contributed by atoms with van der Waals surface area (Å²) >= 11 is 0. The number of ether oxygens (including phenoxy) is 2. The van der Waals surface area contributed by atoms with Gasteiger partial charge in [-0.25, -0.2) is 0 Å². The molecule has 1 atom stereocenters. The Balaban J connectivity index is 1.78. The number of hydrogen-bond acceptors (Lipinski definition) is 6. The van der Waals surface area contributed by atoms with E-state index in [0.29, 0.717) is 23.7 Å². The highest BCUT2D eigenvalue weighted by Gasteiger charge is 2.47. The molecule has 2 aromatic carbocycles. The number of aliphatic hydroxyl groups excluding tert-OH is 1. The van der Waals surface area contributed by atoms with Crippen molar-refractivity contribution in [1.29, 1.82) is 0 Å². The molecule has 1 aliphatic rings. The van der Waals surface area contributed by atoms with Crippen molar-refractivity contribution in [2.24, 2.45) is 0 Å². The number of likely N-dealkylation sites (tertiary alicyclic amines) is 1. The number of rotatable bonds is 8. The first-order valence-electron chi connectivity index (χ1n) is 11.6. The van der Waals surface area contributed by atoms with Gasteiger partial charge in [-0.2, -0.15) is 0 Å². The second-order valence-electron chi connectivity index (χ2n) is 8.63. The van der Waals surface area contributed by atoms with E-state index in [1.54, 1.807) is 37.4 Å². The minimum atomic E-state index is -0.860. The zero-order chi connectivity index (χ0) is 25.1. The van der Waals surface area contributed by atoms with E-state index in [-0.39, 0.29) is 23.8 Å². The summed E-state index contributed by atoms with van der Waals surface area (Å²) < 4.78 is 16.5. The molecule has 3 aromatic rings. The fourth-order valence-corrected chi connectivity index (χ4v) is 4.33. The van der Waals surface area contributed by atoms with Gasteiger partial charge >= 0.3 is 0 Å². The van der Waals surface area contributed by atoms with Gasteiger partial charge in [-0.3, -0.25) is 9.59 Å². The number of methoxy groups -OCH3 is 1. The van der Waals surface area contributed by atoms with Crippen molar-refractivity contribution in [3.8, 4) is 11.5 Å². The van der Waals surface area contributed by atoms with Gasteiger partial charge in [0, 0.05) is 12.1 Å². The van der Waals surface area contributed by atoms with Crippen LogP contribution in [0.25, 0.3) is 5.76 Å². The number of amides is 1. The Morgan fingerprint density at radius 2 is 1.86 bits per heavy atom. The number of furan rings is 1. The number of benzene rings is 2. The Kier molecular flexibility index (Phi) is 6.96. The van der Waals surface area contributed by atoms with Crippen molar-refractivity contribution in [3.05, 3.63) is 88.9 Å². The third kappa shape index (κ3) is 4.67. The molecule has 1 aromatic heterocycles. The molecule has 0 radical (unpaired) electrons. The zero-order valence-corrected chi connectivity index (χ0v) is 20.3. The van der Waals surface area contributed by atoms with Crippen molar-refractivity contribution in [2.45, 2.75) is 39.3 Å². The first-order valence-corrected chi connectivity index (χ1v) is 11.6. The summed E-state index contributed by atoms with van der Waals surface area (Å²) in [6, 6.07) is 15.1. The van der Waals surface area contributed by atoms with E-state index in [9.17, 15) is 14.7 Å². The molecule has 1 aliphatic heterocycles. The van der Waals surface area contributed by atoms with Crippen LogP contribution in [0.15, 0.2) is 70.9 Å². The SMILES string of the molecule is CCOc1ccc(CN2C(=O)C(=O)/C(=C(\O)c3ccc(OC)c(C(C)C)c3)C2c2ccco2)cc1. The maximum atomic E-state index is 13.2. The number of ketones is 1. The Hall–Kier alpha value is -4.00. The van der Waals surface area contributed by atoms with Crippen LogP contribution in [0.5, 0.6) is 11.5 Å². The monoisotopic (exact) mass is 475 g/mol. The Morgan fingerprint density at radius 1 is 1.11 bits per heavy atom. The summed E-state index contributed by atoms with van der Waals surface area (Å²) in [7, 11) is 1.59. The molecule has 1 amide bonds. The van der Waals surface area contributed by atoms with E-state index >= 15 is 0 Å². The molecular formula is C28H29NO6. The van der Waals surface area contributed by atoms with Crippen LogP contribution in [0.2, 0.25) is 0 Å². The van der Waals surface area contributed by atoms with Gasteiger partial charge in [0.15, 0.2) is 0 Å². The van der Waals surface area contributed by atoms with Crippen LogP contribution in [-0.4, -0.2) is 35.4 Å². The number of Topliss-reactive ketones (excluding diaryl/α,β-unsaturated/α-hetero) is 1. The lowest BCUT2D eigenvalue weighted by molar-refractivity contribution is -0.140. The second-order valence-corrected chi connectivity index (χ2v) is 8.63. The summed E-state index contributed by atoms with van der Waals surface area (Å²) in [6.45, 7) is 6.65. The highest BCUT2D eigenvalue weighted by atomic mass is 16.5. The fourth-order valence-electron chi connectivity index (χ4n) is 4.33. The average molecular weight is 476 g/mol. The first-order chi connectivity index (χ1) is 16.8. The summed E-state index contributed by atoms with van der Waals surface area (Å²) in [4.78, 5) is 27.8. The number of carbonyl (C=O) groups excluding carboxylic acids is 2. The van der Waals surface area contributed by atoms with Crippen LogP contribution in [-0.2, 0) is 16.1 Å². The van der Waals surface area contributed by atoms with Crippen molar-refractivity contribution in [2.75, 3.05) is 13.7 Å². The summed E-state index contributed by atoms with van der Waals surface area (Å²) in [5, 5.41) is 11.3. The summed E-state index contributed by atoms with van der Waals surface area (Å²) in [5.41, 5.74) is 2.13. The van der Waals surface area contributed by atoms with Crippen molar-refractivity contribution in [3.63, 3.8) is 0 Å². The zero-order valence-electron chi connectivity index (χ0n) is 20.3. The molecule has 1 N–H and O–H groups in total. The highest BCUT2D eigenvalue weighted by molar-refractivity contribution is 6.46. The quantitative estimate of drug-likeness (QED) is 0.265. The molecule has 182 valence electrons. The lowest BCUT2D eigenvalue weighted by Gasteiger charge is -2.23. The predicted molar refractivity (Wildman–Crippen MR) is 131 cm³/mol. The fraction of sp³-hybridized carbons (Fsp3) is 0.286. The largest absolute Gasteiger partial charge is 0.507 e. The molecule has 35 heavy (non-hydrogen) atoms. The van der Waals surface area contributed by atoms with E-state index < -0.39 is 17.7 Å². The van der Waals surface area contributed by atoms with Gasteiger partial charge in [-0.05, 0) is 66.4 Å². The van der Waals surface area contributed by atoms with Gasteiger partial charge in [-0.1, -0.05) is 26.0 Å². The predicted octanol–water partition coefficient (Wildman–Crippen LogP) is 5.43. The number of carbonyl (C=O) groups is 2. The average Bonchev–Trinajstić information content (AvgIpc) is 3.47.